The third kappa shape index (κ3) is 1.74. The van der Waals surface area contributed by atoms with Gasteiger partial charge in [0.25, 0.3) is 0 Å². The van der Waals surface area contributed by atoms with Crippen LogP contribution in [0.1, 0.15) is 13.8 Å². The van der Waals surface area contributed by atoms with E-state index in [-0.39, 0.29) is 0 Å². The number of rotatable bonds is 1. The number of fused-ring (bicyclic) bond motifs is 1. The molecule has 72 valence electrons. The van der Waals surface area contributed by atoms with E-state index in [2.05, 4.69) is 42.0 Å². The predicted octanol–water partition coefficient (Wildman–Crippen LogP) is 0.880. The minimum absolute atomic E-state index is 0.462. The summed E-state index contributed by atoms with van der Waals surface area (Å²) in [5, 5.41) is 1.96. The number of hydrogen-bond acceptors (Lipinski definition) is 2. The maximum Gasteiger partial charge on any atom is 0.0883 e. The molecule has 1 aromatic rings. The fourth-order valence-corrected chi connectivity index (χ4v) is 1.54. The van der Waals surface area contributed by atoms with Gasteiger partial charge in [-0.3, -0.25) is 9.97 Å². The molecule has 1 aromatic heterocycles. The highest BCUT2D eigenvalue weighted by Crippen LogP contribution is 2.14. The Bertz CT molecular complexity index is 457. The Balaban J connectivity index is 2.58. The van der Waals surface area contributed by atoms with Crippen molar-refractivity contribution in [2.45, 2.75) is 13.8 Å². The van der Waals surface area contributed by atoms with Crippen molar-refractivity contribution in [2.75, 3.05) is 0 Å². The van der Waals surface area contributed by atoms with Crippen LogP contribution in [-0.2, 0) is 0 Å². The zero-order chi connectivity index (χ0) is 9.97. The molecule has 2 rings (SSSR count). The van der Waals surface area contributed by atoms with Crippen LogP contribution in [0.2, 0.25) is 0 Å². The first-order valence-electron chi connectivity index (χ1n) is 4.95. The molecule has 0 aromatic carbocycles. The number of aromatic nitrogens is 2. The highest BCUT2D eigenvalue weighted by molar-refractivity contribution is 5.42. The lowest BCUT2D eigenvalue weighted by atomic mass is 9.95. The van der Waals surface area contributed by atoms with Gasteiger partial charge in [0.15, 0.2) is 0 Å². The minimum Gasteiger partial charge on any atom is -0.253 e. The van der Waals surface area contributed by atoms with Crippen LogP contribution in [0.25, 0.3) is 12.2 Å². The third-order valence-corrected chi connectivity index (χ3v) is 2.46. The van der Waals surface area contributed by atoms with Crippen molar-refractivity contribution in [3.63, 3.8) is 0 Å². The van der Waals surface area contributed by atoms with Crippen molar-refractivity contribution >= 4 is 12.2 Å². The zero-order valence-electron chi connectivity index (χ0n) is 8.51. The second-order valence-electron chi connectivity index (χ2n) is 3.87. The molecule has 1 atom stereocenters. The monoisotopic (exact) mass is 186 g/mol. The zero-order valence-corrected chi connectivity index (χ0v) is 8.51. The second-order valence-corrected chi connectivity index (χ2v) is 3.87. The molecular formula is C12H14N2. The van der Waals surface area contributed by atoms with Gasteiger partial charge in [0.2, 0.25) is 0 Å². The Morgan fingerprint density at radius 2 is 1.86 bits per heavy atom. The molecule has 2 heteroatoms. The van der Waals surface area contributed by atoms with E-state index in [1.165, 1.54) is 0 Å². The molecule has 2 nitrogen and oxygen atoms in total. The van der Waals surface area contributed by atoms with Gasteiger partial charge >= 0.3 is 0 Å². The average Bonchev–Trinajstić information content (AvgIpc) is 2.39. The quantitative estimate of drug-likeness (QED) is 0.650. The molecule has 0 N–H and O–H groups in total. The molecule has 0 aliphatic heterocycles. The van der Waals surface area contributed by atoms with E-state index in [0.29, 0.717) is 11.8 Å². The fraction of sp³-hybridized carbons (Fsp3) is 0.333. The Kier molecular flexibility index (Phi) is 2.44. The van der Waals surface area contributed by atoms with E-state index in [0.717, 1.165) is 10.7 Å². The van der Waals surface area contributed by atoms with Gasteiger partial charge in [-0.05, 0) is 24.0 Å². The summed E-state index contributed by atoms with van der Waals surface area (Å²) in [6, 6.07) is 0. The summed E-state index contributed by atoms with van der Waals surface area (Å²) in [5.41, 5.74) is 0. The summed E-state index contributed by atoms with van der Waals surface area (Å²) in [4.78, 5) is 8.60. The van der Waals surface area contributed by atoms with Crippen molar-refractivity contribution in [1.82, 2.24) is 9.97 Å². The first-order valence-corrected chi connectivity index (χ1v) is 4.95. The molecule has 0 radical (unpaired) electrons. The van der Waals surface area contributed by atoms with E-state index in [9.17, 15) is 0 Å². The van der Waals surface area contributed by atoms with Crippen LogP contribution >= 0.6 is 0 Å². The molecule has 1 unspecified atom stereocenters. The molecule has 0 saturated heterocycles. The van der Waals surface area contributed by atoms with Crippen LogP contribution in [0.3, 0.4) is 0 Å². The summed E-state index contributed by atoms with van der Waals surface area (Å²) in [6.07, 6.45) is 11.9. The standard InChI is InChI=1S/C12H14N2/c1-9(2)10-4-3-5-11-12(8-10)14-7-6-13-11/h3-10H,1-2H3. The second kappa shape index (κ2) is 3.74. The van der Waals surface area contributed by atoms with Crippen LogP contribution in [-0.4, -0.2) is 9.97 Å². The van der Waals surface area contributed by atoms with Gasteiger partial charge < -0.3 is 0 Å². The number of allylic oxidation sites excluding steroid dienone is 2. The van der Waals surface area contributed by atoms with Crippen LogP contribution < -0.4 is 10.7 Å². The van der Waals surface area contributed by atoms with Gasteiger partial charge in [-0.1, -0.05) is 26.0 Å². The van der Waals surface area contributed by atoms with Gasteiger partial charge in [0.1, 0.15) is 0 Å². The van der Waals surface area contributed by atoms with Crippen molar-refractivity contribution in [3.05, 3.63) is 35.2 Å². The Morgan fingerprint density at radius 1 is 1.14 bits per heavy atom. The topological polar surface area (TPSA) is 25.8 Å². The summed E-state index contributed by atoms with van der Waals surface area (Å²) in [5.74, 6) is 1.07. The molecule has 1 heterocycles. The molecule has 1 aliphatic rings. The van der Waals surface area contributed by atoms with Crippen molar-refractivity contribution in [3.8, 4) is 0 Å². The highest BCUT2D eigenvalue weighted by Gasteiger charge is 2.07. The van der Waals surface area contributed by atoms with Crippen molar-refractivity contribution < 1.29 is 0 Å². The van der Waals surface area contributed by atoms with E-state index >= 15 is 0 Å². The number of nitrogens with zero attached hydrogens (tertiary/aromatic N) is 2. The predicted molar refractivity (Wildman–Crippen MR) is 57.7 cm³/mol. The van der Waals surface area contributed by atoms with Gasteiger partial charge in [0, 0.05) is 12.4 Å². The fourth-order valence-electron chi connectivity index (χ4n) is 1.54. The van der Waals surface area contributed by atoms with Crippen LogP contribution in [0, 0.1) is 11.8 Å². The van der Waals surface area contributed by atoms with Gasteiger partial charge in [-0.2, -0.15) is 0 Å². The lowest BCUT2D eigenvalue weighted by molar-refractivity contribution is 0.572. The van der Waals surface area contributed by atoms with Gasteiger partial charge in [0.05, 0.1) is 10.7 Å². The maximum atomic E-state index is 4.32. The first kappa shape index (κ1) is 9.13. The van der Waals surface area contributed by atoms with Gasteiger partial charge in [-0.25, -0.2) is 0 Å². The molecule has 0 saturated carbocycles. The van der Waals surface area contributed by atoms with E-state index in [1.54, 1.807) is 12.4 Å². The van der Waals surface area contributed by atoms with Crippen molar-refractivity contribution in [2.24, 2.45) is 11.8 Å². The molecule has 1 aliphatic carbocycles. The van der Waals surface area contributed by atoms with E-state index in [1.807, 2.05) is 6.08 Å². The summed E-state index contributed by atoms with van der Waals surface area (Å²) in [7, 11) is 0. The van der Waals surface area contributed by atoms with Crippen LogP contribution in [0.4, 0.5) is 0 Å². The SMILES string of the molecule is CC(C)C1C=CC=c2nccnc2=C1. The van der Waals surface area contributed by atoms with E-state index in [4.69, 9.17) is 0 Å². The molecular weight excluding hydrogens is 172 g/mol. The Morgan fingerprint density at radius 3 is 2.57 bits per heavy atom. The molecule has 14 heavy (non-hydrogen) atoms. The maximum absolute atomic E-state index is 4.32. The van der Waals surface area contributed by atoms with Crippen molar-refractivity contribution in [1.29, 1.82) is 0 Å². The first-order chi connectivity index (χ1) is 6.77. The molecule has 0 amide bonds. The van der Waals surface area contributed by atoms with Crippen LogP contribution in [0.5, 0.6) is 0 Å². The lowest BCUT2D eigenvalue weighted by Crippen LogP contribution is -2.31. The average molecular weight is 186 g/mol. The number of hydrogen-bond donors (Lipinski definition) is 0. The largest absolute Gasteiger partial charge is 0.253 e. The highest BCUT2D eigenvalue weighted by atomic mass is 14.8. The van der Waals surface area contributed by atoms with E-state index < -0.39 is 0 Å². The Hall–Kier alpha value is -1.44. The minimum atomic E-state index is 0.462. The van der Waals surface area contributed by atoms with Gasteiger partial charge in [-0.15, -0.1) is 0 Å². The Labute approximate surface area is 83.7 Å². The lowest BCUT2D eigenvalue weighted by Gasteiger charge is -2.10. The van der Waals surface area contributed by atoms with Crippen LogP contribution in [0.15, 0.2) is 24.5 Å². The third-order valence-electron chi connectivity index (χ3n) is 2.46. The summed E-state index contributed by atoms with van der Waals surface area (Å²) >= 11 is 0. The summed E-state index contributed by atoms with van der Waals surface area (Å²) in [6.45, 7) is 4.43. The normalized spacial score (nSPS) is 19.5. The smallest absolute Gasteiger partial charge is 0.0883 e. The summed E-state index contributed by atoms with van der Waals surface area (Å²) < 4.78 is 0. The molecule has 0 spiro atoms. The molecule has 0 bridgehead atoms. The molecule has 0 fully saturated rings.